The molecule has 2 aromatic heterocycles. The van der Waals surface area contributed by atoms with Crippen LogP contribution in [0.25, 0.3) is 22.5 Å². The van der Waals surface area contributed by atoms with E-state index in [0.717, 1.165) is 28.3 Å². The molecule has 1 aliphatic heterocycles. The van der Waals surface area contributed by atoms with Gasteiger partial charge in [-0.1, -0.05) is 37.3 Å². The van der Waals surface area contributed by atoms with Crippen molar-refractivity contribution < 1.29 is 9.47 Å². The molecule has 0 spiro atoms. The highest BCUT2D eigenvalue weighted by Gasteiger charge is 2.28. The standard InChI is InChI=1S/C19H19N3O2/c1-13(19-23-10-11-24-19)18-21-16(14-6-3-2-4-7-14)17(22-18)15-8-5-9-20-12-15/h2-9,12-13,19H,10-11H2,1H3,(H,21,22). The summed E-state index contributed by atoms with van der Waals surface area (Å²) in [6.07, 6.45) is 3.35. The summed E-state index contributed by atoms with van der Waals surface area (Å²) in [7, 11) is 0. The summed E-state index contributed by atoms with van der Waals surface area (Å²) < 4.78 is 11.3. The van der Waals surface area contributed by atoms with E-state index >= 15 is 0 Å². The smallest absolute Gasteiger partial charge is 0.167 e. The highest BCUT2D eigenvalue weighted by molar-refractivity contribution is 5.78. The molecule has 1 atom stereocenters. The summed E-state index contributed by atoms with van der Waals surface area (Å²) in [6, 6.07) is 14.1. The van der Waals surface area contributed by atoms with Crippen LogP contribution in [0.5, 0.6) is 0 Å². The molecule has 0 saturated carbocycles. The maximum Gasteiger partial charge on any atom is 0.167 e. The molecule has 1 fully saturated rings. The van der Waals surface area contributed by atoms with Gasteiger partial charge < -0.3 is 14.5 Å². The first kappa shape index (κ1) is 15.1. The summed E-state index contributed by atoms with van der Waals surface area (Å²) in [5, 5.41) is 0. The number of benzene rings is 1. The van der Waals surface area contributed by atoms with Crippen molar-refractivity contribution in [1.82, 2.24) is 15.0 Å². The van der Waals surface area contributed by atoms with Gasteiger partial charge in [0.25, 0.3) is 0 Å². The Morgan fingerprint density at radius 2 is 1.79 bits per heavy atom. The molecule has 1 aromatic carbocycles. The van der Waals surface area contributed by atoms with Crippen LogP contribution in [-0.4, -0.2) is 34.5 Å². The predicted octanol–water partition coefficient (Wildman–Crippen LogP) is 3.62. The second-order valence-electron chi connectivity index (χ2n) is 5.85. The number of H-pyrrole nitrogens is 1. The van der Waals surface area contributed by atoms with Gasteiger partial charge in [-0.2, -0.15) is 0 Å². The Kier molecular flexibility index (Phi) is 4.11. The Balaban J connectivity index is 1.79. The average Bonchev–Trinajstić information content (AvgIpc) is 3.33. The summed E-state index contributed by atoms with van der Waals surface area (Å²) in [5.41, 5.74) is 3.97. The van der Waals surface area contributed by atoms with Gasteiger partial charge in [0.1, 0.15) is 5.82 Å². The third-order valence-electron chi connectivity index (χ3n) is 4.21. The van der Waals surface area contributed by atoms with Crippen molar-refractivity contribution in [3.05, 3.63) is 60.7 Å². The van der Waals surface area contributed by atoms with Gasteiger partial charge in [0, 0.05) is 23.5 Å². The number of aromatic nitrogens is 3. The average molecular weight is 321 g/mol. The van der Waals surface area contributed by atoms with E-state index in [4.69, 9.17) is 14.5 Å². The van der Waals surface area contributed by atoms with Crippen molar-refractivity contribution in [3.8, 4) is 22.5 Å². The highest BCUT2D eigenvalue weighted by Crippen LogP contribution is 2.33. The second kappa shape index (κ2) is 6.55. The van der Waals surface area contributed by atoms with E-state index in [1.54, 1.807) is 6.20 Å². The fourth-order valence-corrected chi connectivity index (χ4v) is 2.93. The Bertz CT molecular complexity index is 739. The number of hydrogen-bond acceptors (Lipinski definition) is 4. The summed E-state index contributed by atoms with van der Waals surface area (Å²) >= 11 is 0. The first-order valence-corrected chi connectivity index (χ1v) is 8.12. The SMILES string of the molecule is CC(c1nc(-c2cccnc2)c(-c2ccccc2)[nH]1)C1OCCO1. The summed E-state index contributed by atoms with van der Waals surface area (Å²) in [5.74, 6) is 0.889. The van der Waals surface area contributed by atoms with Crippen molar-refractivity contribution in [2.24, 2.45) is 0 Å². The van der Waals surface area contributed by atoms with Gasteiger partial charge in [-0.3, -0.25) is 4.98 Å². The molecule has 3 aromatic rings. The van der Waals surface area contributed by atoms with Crippen molar-refractivity contribution in [2.75, 3.05) is 13.2 Å². The van der Waals surface area contributed by atoms with Crippen LogP contribution in [0.15, 0.2) is 54.9 Å². The van der Waals surface area contributed by atoms with Crippen molar-refractivity contribution in [3.63, 3.8) is 0 Å². The topological polar surface area (TPSA) is 60.0 Å². The molecule has 1 aliphatic rings. The van der Waals surface area contributed by atoms with E-state index in [9.17, 15) is 0 Å². The van der Waals surface area contributed by atoms with Crippen molar-refractivity contribution in [1.29, 1.82) is 0 Å². The van der Waals surface area contributed by atoms with Gasteiger partial charge >= 0.3 is 0 Å². The van der Waals surface area contributed by atoms with Crippen LogP contribution in [0, 0.1) is 0 Å². The molecule has 4 rings (SSSR count). The van der Waals surface area contributed by atoms with Gasteiger partial charge in [-0.25, -0.2) is 4.98 Å². The van der Waals surface area contributed by atoms with Crippen LogP contribution >= 0.6 is 0 Å². The zero-order valence-electron chi connectivity index (χ0n) is 13.5. The van der Waals surface area contributed by atoms with E-state index in [1.807, 2.05) is 36.5 Å². The first-order valence-electron chi connectivity index (χ1n) is 8.12. The Morgan fingerprint density at radius 3 is 2.50 bits per heavy atom. The fraction of sp³-hybridized carbons (Fsp3) is 0.263. The highest BCUT2D eigenvalue weighted by atomic mass is 16.7. The monoisotopic (exact) mass is 321 g/mol. The van der Waals surface area contributed by atoms with Crippen LogP contribution in [0.1, 0.15) is 18.7 Å². The third-order valence-corrected chi connectivity index (χ3v) is 4.21. The quantitative estimate of drug-likeness (QED) is 0.797. The minimum Gasteiger partial charge on any atom is -0.350 e. The largest absolute Gasteiger partial charge is 0.350 e. The van der Waals surface area contributed by atoms with Crippen LogP contribution in [0.4, 0.5) is 0 Å². The number of hydrogen-bond donors (Lipinski definition) is 1. The van der Waals surface area contributed by atoms with Gasteiger partial charge in [0.15, 0.2) is 6.29 Å². The van der Waals surface area contributed by atoms with Gasteiger partial charge in [0.2, 0.25) is 0 Å². The lowest BCUT2D eigenvalue weighted by atomic mass is 10.1. The first-order chi connectivity index (χ1) is 11.8. The molecule has 24 heavy (non-hydrogen) atoms. The van der Waals surface area contributed by atoms with E-state index < -0.39 is 0 Å². The minimum atomic E-state index is -0.249. The Morgan fingerprint density at radius 1 is 1.04 bits per heavy atom. The van der Waals surface area contributed by atoms with E-state index in [1.165, 1.54) is 0 Å². The van der Waals surface area contributed by atoms with Crippen LogP contribution in [0.3, 0.4) is 0 Å². The van der Waals surface area contributed by atoms with Gasteiger partial charge in [0.05, 0.1) is 30.5 Å². The number of pyridine rings is 1. The molecular weight excluding hydrogens is 302 g/mol. The molecule has 0 aliphatic carbocycles. The van der Waals surface area contributed by atoms with E-state index in [0.29, 0.717) is 13.2 Å². The van der Waals surface area contributed by atoms with Crippen LogP contribution < -0.4 is 0 Å². The third kappa shape index (κ3) is 2.84. The molecular formula is C19H19N3O2. The second-order valence-corrected chi connectivity index (χ2v) is 5.85. The number of nitrogens with one attached hydrogen (secondary N) is 1. The number of ether oxygens (including phenoxy) is 2. The molecule has 122 valence electrons. The lowest BCUT2D eigenvalue weighted by Gasteiger charge is -2.15. The molecule has 1 saturated heterocycles. The molecule has 3 heterocycles. The molecule has 0 bridgehead atoms. The summed E-state index contributed by atoms with van der Waals surface area (Å²) in [6.45, 7) is 3.34. The molecule has 5 heteroatoms. The lowest BCUT2D eigenvalue weighted by Crippen LogP contribution is -2.17. The van der Waals surface area contributed by atoms with E-state index in [-0.39, 0.29) is 12.2 Å². The molecule has 1 unspecified atom stereocenters. The van der Waals surface area contributed by atoms with Gasteiger partial charge in [-0.05, 0) is 12.1 Å². The number of rotatable bonds is 4. The number of nitrogens with zero attached hydrogens (tertiary/aromatic N) is 2. The number of imidazole rings is 1. The maximum absolute atomic E-state index is 5.64. The van der Waals surface area contributed by atoms with E-state index in [2.05, 4.69) is 29.0 Å². The molecule has 5 nitrogen and oxygen atoms in total. The predicted molar refractivity (Wildman–Crippen MR) is 91.4 cm³/mol. The zero-order valence-corrected chi connectivity index (χ0v) is 13.5. The number of aromatic amines is 1. The Labute approximate surface area is 140 Å². The van der Waals surface area contributed by atoms with Crippen LogP contribution in [0.2, 0.25) is 0 Å². The molecule has 0 radical (unpaired) electrons. The zero-order chi connectivity index (χ0) is 16.4. The maximum atomic E-state index is 5.64. The molecule has 1 N–H and O–H groups in total. The molecule has 0 amide bonds. The normalized spacial score (nSPS) is 16.4. The van der Waals surface area contributed by atoms with Gasteiger partial charge in [-0.15, -0.1) is 0 Å². The summed E-state index contributed by atoms with van der Waals surface area (Å²) in [4.78, 5) is 12.5. The lowest BCUT2D eigenvalue weighted by molar-refractivity contribution is -0.0585. The van der Waals surface area contributed by atoms with Crippen molar-refractivity contribution >= 4 is 0 Å². The van der Waals surface area contributed by atoms with Crippen molar-refractivity contribution in [2.45, 2.75) is 19.1 Å². The Hall–Kier alpha value is -2.50. The van der Waals surface area contributed by atoms with Crippen LogP contribution in [-0.2, 0) is 9.47 Å². The fourth-order valence-electron chi connectivity index (χ4n) is 2.93. The minimum absolute atomic E-state index is 0.0281.